The molecule has 1 aliphatic carbocycles. The molecule has 3 N–H and O–H groups in total. The summed E-state index contributed by atoms with van der Waals surface area (Å²) in [5.74, 6) is 0.716. The summed E-state index contributed by atoms with van der Waals surface area (Å²) >= 11 is 0. The molecule has 0 spiro atoms. The van der Waals surface area contributed by atoms with Crippen molar-refractivity contribution in [1.82, 2.24) is 5.32 Å². The Hall–Kier alpha value is -2.34. The van der Waals surface area contributed by atoms with E-state index in [0.29, 0.717) is 11.5 Å². The van der Waals surface area contributed by atoms with Crippen LogP contribution in [0.4, 0.5) is 4.39 Å². The van der Waals surface area contributed by atoms with Crippen LogP contribution in [0.1, 0.15) is 36.6 Å². The van der Waals surface area contributed by atoms with Gasteiger partial charge in [-0.1, -0.05) is 13.8 Å². The van der Waals surface area contributed by atoms with Gasteiger partial charge in [-0.15, -0.1) is 0 Å². The van der Waals surface area contributed by atoms with E-state index < -0.39 is 0 Å². The Balaban J connectivity index is 1.55. The monoisotopic (exact) mass is 332 g/mol. The lowest BCUT2D eigenvalue weighted by Gasteiger charge is -2.50. The first kappa shape index (κ1) is 16.5. The van der Waals surface area contributed by atoms with E-state index in [0.717, 1.165) is 6.42 Å². The third-order valence-corrected chi connectivity index (χ3v) is 4.73. The van der Waals surface area contributed by atoms with E-state index in [1.807, 2.05) is 13.8 Å². The Kier molecular flexibility index (Phi) is 4.32. The van der Waals surface area contributed by atoms with Gasteiger partial charge in [0.25, 0.3) is 5.91 Å². The Morgan fingerprint density at radius 2 is 2.04 bits per heavy atom. The highest BCUT2D eigenvalue weighted by Gasteiger charge is 2.46. The fourth-order valence-electron chi connectivity index (χ4n) is 2.70. The Bertz CT molecular complexity index is 724. The van der Waals surface area contributed by atoms with Crippen LogP contribution >= 0.6 is 0 Å². The Morgan fingerprint density at radius 3 is 2.67 bits per heavy atom. The lowest BCUT2D eigenvalue weighted by Crippen LogP contribution is -2.64. The molecule has 1 aliphatic rings. The molecule has 0 saturated heterocycles. The molecule has 2 atom stereocenters. The first-order valence-electron chi connectivity index (χ1n) is 7.90. The number of ether oxygens (including phenoxy) is 1. The van der Waals surface area contributed by atoms with Crippen LogP contribution in [0.5, 0.6) is 5.75 Å². The van der Waals surface area contributed by atoms with Crippen molar-refractivity contribution in [2.75, 3.05) is 0 Å². The molecule has 0 bridgehead atoms. The van der Waals surface area contributed by atoms with Crippen molar-refractivity contribution < 1.29 is 18.3 Å². The molecule has 0 aliphatic heterocycles. The predicted molar refractivity (Wildman–Crippen MR) is 87.1 cm³/mol. The lowest BCUT2D eigenvalue weighted by atomic mass is 9.63. The van der Waals surface area contributed by atoms with Crippen molar-refractivity contribution in [1.29, 1.82) is 0 Å². The molecule has 3 rings (SSSR count). The molecule has 1 aromatic heterocycles. The second-order valence-electron chi connectivity index (χ2n) is 6.70. The molecule has 2 unspecified atom stereocenters. The summed E-state index contributed by atoms with van der Waals surface area (Å²) in [4.78, 5) is 12.2. The van der Waals surface area contributed by atoms with Crippen LogP contribution in [-0.2, 0) is 6.61 Å². The first-order chi connectivity index (χ1) is 11.4. The average molecular weight is 332 g/mol. The fraction of sp³-hybridized carbons (Fsp3) is 0.389. The standard InChI is InChI=1S/C18H21FN2O3/c1-18(2)15(20)9-16(18)21-17(22)14-8-7-13(24-14)10-23-12-5-3-11(19)4-6-12/h3-8,15-16H,9-10,20H2,1-2H3,(H,21,22). The number of hydrogen-bond donors (Lipinski definition) is 2. The summed E-state index contributed by atoms with van der Waals surface area (Å²) in [7, 11) is 0. The van der Waals surface area contributed by atoms with Crippen molar-refractivity contribution in [3.8, 4) is 5.75 Å². The highest BCUT2D eigenvalue weighted by molar-refractivity contribution is 5.91. The van der Waals surface area contributed by atoms with E-state index in [2.05, 4.69) is 5.32 Å². The van der Waals surface area contributed by atoms with Crippen LogP contribution in [0, 0.1) is 11.2 Å². The third-order valence-electron chi connectivity index (χ3n) is 4.73. The maximum atomic E-state index is 12.8. The van der Waals surface area contributed by atoms with Crippen LogP contribution in [0.25, 0.3) is 0 Å². The molecule has 0 radical (unpaired) electrons. The first-order valence-corrected chi connectivity index (χ1v) is 7.90. The molecule has 1 aromatic carbocycles. The highest BCUT2D eigenvalue weighted by Crippen LogP contribution is 2.39. The second-order valence-corrected chi connectivity index (χ2v) is 6.70. The fourth-order valence-corrected chi connectivity index (χ4v) is 2.70. The summed E-state index contributed by atoms with van der Waals surface area (Å²) in [6, 6.07) is 9.16. The number of furan rings is 1. The Labute approximate surface area is 140 Å². The number of nitrogens with two attached hydrogens (primary N) is 1. The zero-order chi connectivity index (χ0) is 17.3. The van der Waals surface area contributed by atoms with Crippen LogP contribution in [0.3, 0.4) is 0 Å². The van der Waals surface area contributed by atoms with E-state index in [9.17, 15) is 9.18 Å². The number of carbonyl (C=O) groups excluding carboxylic acids is 1. The molecular formula is C18H21FN2O3. The number of nitrogens with one attached hydrogen (secondary N) is 1. The molecule has 1 saturated carbocycles. The smallest absolute Gasteiger partial charge is 0.287 e. The minimum atomic E-state index is -0.321. The van der Waals surface area contributed by atoms with E-state index in [4.69, 9.17) is 14.9 Å². The maximum absolute atomic E-state index is 12.8. The van der Waals surface area contributed by atoms with Gasteiger partial charge in [-0.25, -0.2) is 4.39 Å². The number of carbonyl (C=O) groups is 1. The summed E-state index contributed by atoms with van der Waals surface area (Å²) in [6.45, 7) is 4.24. The van der Waals surface area contributed by atoms with Gasteiger partial charge in [-0.05, 0) is 42.8 Å². The van der Waals surface area contributed by atoms with Gasteiger partial charge in [0.05, 0.1) is 0 Å². The molecule has 1 fully saturated rings. The molecular weight excluding hydrogens is 311 g/mol. The lowest BCUT2D eigenvalue weighted by molar-refractivity contribution is 0.0566. The molecule has 1 heterocycles. The molecule has 128 valence electrons. The predicted octanol–water partition coefficient (Wildman–Crippen LogP) is 2.85. The number of halogens is 1. The van der Waals surface area contributed by atoms with Gasteiger partial charge >= 0.3 is 0 Å². The van der Waals surface area contributed by atoms with Crippen LogP contribution < -0.4 is 15.8 Å². The summed E-state index contributed by atoms with van der Waals surface area (Å²) in [6.07, 6.45) is 0.764. The van der Waals surface area contributed by atoms with Crippen molar-refractivity contribution in [2.24, 2.45) is 11.1 Å². The quantitative estimate of drug-likeness (QED) is 0.882. The van der Waals surface area contributed by atoms with Crippen molar-refractivity contribution >= 4 is 5.91 Å². The zero-order valence-corrected chi connectivity index (χ0v) is 13.7. The van der Waals surface area contributed by atoms with Gasteiger partial charge in [0.15, 0.2) is 5.76 Å². The minimum Gasteiger partial charge on any atom is -0.486 e. The van der Waals surface area contributed by atoms with Crippen LogP contribution in [0.15, 0.2) is 40.8 Å². The summed E-state index contributed by atoms with van der Waals surface area (Å²) in [5, 5.41) is 2.95. The number of rotatable bonds is 5. The molecule has 2 aromatic rings. The van der Waals surface area contributed by atoms with Gasteiger partial charge in [0, 0.05) is 17.5 Å². The topological polar surface area (TPSA) is 77.5 Å². The van der Waals surface area contributed by atoms with Crippen molar-refractivity contribution in [3.05, 3.63) is 53.7 Å². The van der Waals surface area contributed by atoms with E-state index in [-0.39, 0.29) is 41.6 Å². The normalized spacial score (nSPS) is 21.8. The second kappa shape index (κ2) is 6.28. The van der Waals surface area contributed by atoms with Crippen molar-refractivity contribution in [2.45, 2.75) is 39.0 Å². The number of amides is 1. The van der Waals surface area contributed by atoms with E-state index in [1.54, 1.807) is 12.1 Å². The molecule has 6 heteroatoms. The maximum Gasteiger partial charge on any atom is 0.287 e. The van der Waals surface area contributed by atoms with Crippen LogP contribution in [-0.4, -0.2) is 18.0 Å². The van der Waals surface area contributed by atoms with Crippen molar-refractivity contribution in [3.63, 3.8) is 0 Å². The minimum absolute atomic E-state index is 0.0454. The van der Waals surface area contributed by atoms with Gasteiger partial charge in [0.2, 0.25) is 0 Å². The average Bonchev–Trinajstić information content (AvgIpc) is 3.03. The van der Waals surface area contributed by atoms with Gasteiger partial charge in [-0.3, -0.25) is 4.79 Å². The van der Waals surface area contributed by atoms with E-state index >= 15 is 0 Å². The van der Waals surface area contributed by atoms with Gasteiger partial charge in [0.1, 0.15) is 23.9 Å². The molecule has 1 amide bonds. The SMILES string of the molecule is CC1(C)C(N)CC1NC(=O)c1ccc(COc2ccc(F)cc2)o1. The summed E-state index contributed by atoms with van der Waals surface area (Å²) in [5.41, 5.74) is 5.84. The zero-order valence-electron chi connectivity index (χ0n) is 13.7. The molecule has 24 heavy (non-hydrogen) atoms. The third kappa shape index (κ3) is 3.28. The summed E-state index contributed by atoms with van der Waals surface area (Å²) < 4.78 is 23.8. The number of benzene rings is 1. The van der Waals surface area contributed by atoms with Gasteiger partial charge in [-0.2, -0.15) is 0 Å². The molecule has 5 nitrogen and oxygen atoms in total. The van der Waals surface area contributed by atoms with Gasteiger partial charge < -0.3 is 20.2 Å². The van der Waals surface area contributed by atoms with E-state index in [1.165, 1.54) is 24.3 Å². The Morgan fingerprint density at radius 1 is 1.33 bits per heavy atom. The largest absolute Gasteiger partial charge is 0.486 e. The highest BCUT2D eigenvalue weighted by atomic mass is 19.1. The van der Waals surface area contributed by atoms with Crippen LogP contribution in [0.2, 0.25) is 0 Å². The number of hydrogen-bond acceptors (Lipinski definition) is 4.